The van der Waals surface area contributed by atoms with Gasteiger partial charge < -0.3 is 10.4 Å². The Kier molecular flexibility index (Phi) is 5.63. The maximum Gasteiger partial charge on any atom is 0.356 e. The third-order valence-electron chi connectivity index (χ3n) is 1.94. The Balaban J connectivity index is 2.36. The van der Waals surface area contributed by atoms with Gasteiger partial charge in [-0.1, -0.05) is 0 Å². The van der Waals surface area contributed by atoms with Crippen molar-refractivity contribution in [1.82, 2.24) is 9.97 Å². The van der Waals surface area contributed by atoms with Crippen molar-refractivity contribution < 1.29 is 9.90 Å². The molecular formula is C10H15N3O2S. The molecule has 1 aromatic rings. The average molecular weight is 241 g/mol. The standard InChI is InChI=1S/C10H15N3O2S/c1-16-5-3-2-4-12-9-7-11-6-8(13-9)10(14)15/h6-7H,2-5H2,1H3,(H,12,13)(H,14,15). The first-order chi connectivity index (χ1) is 7.74. The molecule has 0 bridgehead atoms. The lowest BCUT2D eigenvalue weighted by molar-refractivity contribution is 0.0690. The van der Waals surface area contributed by atoms with Crippen LogP contribution in [0, 0.1) is 0 Å². The van der Waals surface area contributed by atoms with Gasteiger partial charge in [0.1, 0.15) is 5.82 Å². The van der Waals surface area contributed by atoms with Crippen LogP contribution in [0.3, 0.4) is 0 Å². The third kappa shape index (κ3) is 4.48. The molecule has 0 spiro atoms. The molecular weight excluding hydrogens is 226 g/mol. The predicted octanol–water partition coefficient (Wildman–Crippen LogP) is 1.73. The molecule has 2 N–H and O–H groups in total. The van der Waals surface area contributed by atoms with E-state index in [9.17, 15) is 4.79 Å². The lowest BCUT2D eigenvalue weighted by Gasteiger charge is -2.04. The number of nitrogens with zero attached hydrogens (tertiary/aromatic N) is 2. The molecule has 0 radical (unpaired) electrons. The van der Waals surface area contributed by atoms with Crippen molar-refractivity contribution >= 4 is 23.5 Å². The molecule has 88 valence electrons. The summed E-state index contributed by atoms with van der Waals surface area (Å²) < 4.78 is 0. The second-order valence-electron chi connectivity index (χ2n) is 3.22. The first kappa shape index (κ1) is 12.8. The van der Waals surface area contributed by atoms with Crippen LogP contribution in [-0.2, 0) is 0 Å². The lowest BCUT2D eigenvalue weighted by Crippen LogP contribution is -2.08. The van der Waals surface area contributed by atoms with Gasteiger partial charge in [0, 0.05) is 6.54 Å². The van der Waals surface area contributed by atoms with Crippen molar-refractivity contribution in [2.24, 2.45) is 0 Å². The number of carbonyl (C=O) groups is 1. The van der Waals surface area contributed by atoms with Crippen molar-refractivity contribution in [2.45, 2.75) is 12.8 Å². The Bertz CT molecular complexity index is 347. The summed E-state index contributed by atoms with van der Waals surface area (Å²) in [5, 5.41) is 11.8. The van der Waals surface area contributed by atoms with E-state index in [4.69, 9.17) is 5.11 Å². The molecule has 1 aromatic heterocycles. The van der Waals surface area contributed by atoms with Crippen molar-refractivity contribution in [3.05, 3.63) is 18.1 Å². The summed E-state index contributed by atoms with van der Waals surface area (Å²) in [5.41, 5.74) is -0.0332. The zero-order valence-electron chi connectivity index (χ0n) is 9.14. The maximum atomic E-state index is 10.6. The van der Waals surface area contributed by atoms with Gasteiger partial charge in [0.15, 0.2) is 5.69 Å². The van der Waals surface area contributed by atoms with Crippen molar-refractivity contribution in [1.29, 1.82) is 0 Å². The first-order valence-corrected chi connectivity index (χ1v) is 6.41. The molecule has 5 nitrogen and oxygen atoms in total. The number of thioether (sulfide) groups is 1. The predicted molar refractivity (Wildman–Crippen MR) is 65.1 cm³/mol. The molecule has 0 saturated carbocycles. The van der Waals surface area contributed by atoms with Gasteiger partial charge in [-0.15, -0.1) is 0 Å². The van der Waals surface area contributed by atoms with Crippen LogP contribution in [0.2, 0.25) is 0 Å². The highest BCUT2D eigenvalue weighted by Crippen LogP contribution is 2.04. The second-order valence-corrected chi connectivity index (χ2v) is 4.21. The highest BCUT2D eigenvalue weighted by atomic mass is 32.2. The quantitative estimate of drug-likeness (QED) is 0.708. The van der Waals surface area contributed by atoms with E-state index in [1.165, 1.54) is 12.4 Å². The zero-order chi connectivity index (χ0) is 11.8. The number of carboxylic acid groups (broad SMARTS) is 1. The largest absolute Gasteiger partial charge is 0.476 e. The van der Waals surface area contributed by atoms with Gasteiger partial charge in [-0.3, -0.25) is 4.98 Å². The topological polar surface area (TPSA) is 75.1 Å². The molecule has 0 amide bonds. The molecule has 0 aliphatic rings. The molecule has 0 aromatic carbocycles. The molecule has 0 fully saturated rings. The fraction of sp³-hybridized carbons (Fsp3) is 0.500. The molecule has 0 aliphatic carbocycles. The van der Waals surface area contributed by atoms with E-state index in [0.29, 0.717) is 5.82 Å². The molecule has 0 atom stereocenters. The number of nitrogens with one attached hydrogen (secondary N) is 1. The van der Waals surface area contributed by atoms with Gasteiger partial charge >= 0.3 is 5.97 Å². The van der Waals surface area contributed by atoms with Crippen LogP contribution in [0.1, 0.15) is 23.3 Å². The van der Waals surface area contributed by atoms with E-state index >= 15 is 0 Å². The Morgan fingerprint density at radius 1 is 1.50 bits per heavy atom. The van der Waals surface area contributed by atoms with Crippen LogP contribution in [0.4, 0.5) is 5.82 Å². The molecule has 16 heavy (non-hydrogen) atoms. The highest BCUT2D eigenvalue weighted by Gasteiger charge is 2.05. The normalized spacial score (nSPS) is 10.1. The number of aromatic carboxylic acids is 1. The number of carboxylic acids is 1. The minimum absolute atomic E-state index is 0.0332. The second kappa shape index (κ2) is 7.05. The van der Waals surface area contributed by atoms with Crippen molar-refractivity contribution in [2.75, 3.05) is 23.9 Å². The number of rotatable bonds is 7. The van der Waals surface area contributed by atoms with Crippen molar-refractivity contribution in [3.8, 4) is 0 Å². The number of anilines is 1. The summed E-state index contributed by atoms with van der Waals surface area (Å²) in [6.07, 6.45) is 7.03. The fourth-order valence-corrected chi connectivity index (χ4v) is 1.63. The molecule has 0 unspecified atom stereocenters. The van der Waals surface area contributed by atoms with Gasteiger partial charge in [-0.2, -0.15) is 11.8 Å². The minimum Gasteiger partial charge on any atom is -0.476 e. The van der Waals surface area contributed by atoms with E-state index in [1.54, 1.807) is 0 Å². The molecule has 0 aliphatic heterocycles. The summed E-state index contributed by atoms with van der Waals surface area (Å²) in [7, 11) is 0. The fourth-order valence-electron chi connectivity index (χ4n) is 1.14. The number of hydrogen-bond donors (Lipinski definition) is 2. The van der Waals surface area contributed by atoms with Crippen LogP contribution in [0.5, 0.6) is 0 Å². The van der Waals surface area contributed by atoms with Crippen LogP contribution in [0.25, 0.3) is 0 Å². The Hall–Kier alpha value is -1.30. The number of hydrogen-bond acceptors (Lipinski definition) is 5. The van der Waals surface area contributed by atoms with Crippen molar-refractivity contribution in [3.63, 3.8) is 0 Å². The van der Waals surface area contributed by atoms with E-state index in [0.717, 1.165) is 25.1 Å². The summed E-state index contributed by atoms with van der Waals surface area (Å²) in [5.74, 6) is 0.602. The summed E-state index contributed by atoms with van der Waals surface area (Å²) in [6.45, 7) is 0.790. The van der Waals surface area contributed by atoms with Gasteiger partial charge in [0.2, 0.25) is 0 Å². The molecule has 1 rings (SSSR count). The third-order valence-corrected chi connectivity index (χ3v) is 2.63. The van der Waals surface area contributed by atoms with E-state index in [-0.39, 0.29) is 5.69 Å². The molecule has 6 heteroatoms. The van der Waals surface area contributed by atoms with Crippen LogP contribution >= 0.6 is 11.8 Å². The van der Waals surface area contributed by atoms with Gasteiger partial charge in [-0.25, -0.2) is 9.78 Å². The Morgan fingerprint density at radius 3 is 3.00 bits per heavy atom. The van der Waals surface area contributed by atoms with Crippen LogP contribution in [0.15, 0.2) is 12.4 Å². The smallest absolute Gasteiger partial charge is 0.356 e. The monoisotopic (exact) mass is 241 g/mol. The Morgan fingerprint density at radius 2 is 2.31 bits per heavy atom. The van der Waals surface area contributed by atoms with Gasteiger partial charge in [0.25, 0.3) is 0 Å². The van der Waals surface area contributed by atoms with Crippen LogP contribution < -0.4 is 5.32 Å². The maximum absolute atomic E-state index is 10.6. The summed E-state index contributed by atoms with van der Waals surface area (Å²) in [4.78, 5) is 18.4. The number of unbranched alkanes of at least 4 members (excludes halogenated alkanes) is 1. The highest BCUT2D eigenvalue weighted by molar-refractivity contribution is 7.98. The van der Waals surface area contributed by atoms with Crippen LogP contribution in [-0.4, -0.2) is 39.6 Å². The number of aromatic nitrogens is 2. The van der Waals surface area contributed by atoms with Gasteiger partial charge in [-0.05, 0) is 24.9 Å². The minimum atomic E-state index is -1.06. The van der Waals surface area contributed by atoms with Gasteiger partial charge in [0.05, 0.1) is 12.4 Å². The zero-order valence-corrected chi connectivity index (χ0v) is 9.96. The lowest BCUT2D eigenvalue weighted by atomic mass is 10.3. The first-order valence-electron chi connectivity index (χ1n) is 5.02. The molecule has 1 heterocycles. The summed E-state index contributed by atoms with van der Waals surface area (Å²) >= 11 is 1.82. The van der Waals surface area contributed by atoms with E-state index < -0.39 is 5.97 Å². The Labute approximate surface area is 98.7 Å². The SMILES string of the molecule is CSCCCCNc1cncc(C(=O)O)n1. The van der Waals surface area contributed by atoms with E-state index in [2.05, 4.69) is 21.5 Å². The van der Waals surface area contributed by atoms with E-state index in [1.807, 2.05) is 11.8 Å². The summed E-state index contributed by atoms with van der Waals surface area (Å²) in [6, 6.07) is 0. The average Bonchev–Trinajstić information content (AvgIpc) is 2.29. The molecule has 0 saturated heterocycles.